The van der Waals surface area contributed by atoms with Gasteiger partial charge in [-0.3, -0.25) is 30.0 Å². The van der Waals surface area contributed by atoms with Crippen LogP contribution in [0.15, 0.2) is 12.3 Å². The summed E-state index contributed by atoms with van der Waals surface area (Å²) in [4.78, 5) is 38.0. The number of amides is 2. The van der Waals surface area contributed by atoms with Gasteiger partial charge in [-0.05, 0) is 13.3 Å². The number of nitrogens with one attached hydrogen (secondary N) is 1. The number of nitro groups is 1. The smallest absolute Gasteiger partial charge is 0.288 e. The molecule has 1 aromatic rings. The van der Waals surface area contributed by atoms with Gasteiger partial charge in [0, 0.05) is 12.5 Å². The number of pyridine rings is 1. The number of unbranched alkanes of at least 4 members (excludes halogenated alkanes) is 8. The largest absolute Gasteiger partial charge is 0.292 e. The van der Waals surface area contributed by atoms with Gasteiger partial charge in [-0.15, -0.1) is 0 Å². The first-order chi connectivity index (χ1) is 12.5. The van der Waals surface area contributed by atoms with Gasteiger partial charge in [0.25, 0.3) is 11.6 Å². The molecular weight excluding hydrogens is 334 g/mol. The van der Waals surface area contributed by atoms with Crippen molar-refractivity contribution in [3.8, 4) is 0 Å². The first-order valence-corrected chi connectivity index (χ1v) is 9.41. The monoisotopic (exact) mass is 363 g/mol. The Hall–Kier alpha value is -2.31. The number of nitrogens with zero attached hydrogens (tertiary/aromatic N) is 2. The van der Waals surface area contributed by atoms with Gasteiger partial charge in [-0.25, -0.2) is 0 Å². The molecule has 26 heavy (non-hydrogen) atoms. The Morgan fingerprint density at radius 1 is 1.08 bits per heavy atom. The van der Waals surface area contributed by atoms with Crippen molar-refractivity contribution in [1.29, 1.82) is 0 Å². The van der Waals surface area contributed by atoms with Crippen molar-refractivity contribution in [2.75, 3.05) is 0 Å². The van der Waals surface area contributed by atoms with Crippen molar-refractivity contribution < 1.29 is 14.5 Å². The molecular formula is C19H29N3O4. The highest BCUT2D eigenvalue weighted by atomic mass is 16.6. The van der Waals surface area contributed by atoms with Gasteiger partial charge in [-0.2, -0.15) is 0 Å². The Kier molecular flexibility index (Phi) is 10.1. The molecule has 7 heteroatoms. The number of rotatable bonds is 12. The van der Waals surface area contributed by atoms with Crippen molar-refractivity contribution in [3.63, 3.8) is 0 Å². The van der Waals surface area contributed by atoms with Gasteiger partial charge in [0.1, 0.15) is 6.20 Å². The van der Waals surface area contributed by atoms with Crippen LogP contribution >= 0.6 is 0 Å². The van der Waals surface area contributed by atoms with Crippen molar-refractivity contribution in [2.24, 2.45) is 0 Å². The van der Waals surface area contributed by atoms with Crippen molar-refractivity contribution >= 4 is 17.5 Å². The molecule has 0 spiro atoms. The zero-order valence-electron chi connectivity index (χ0n) is 15.8. The third kappa shape index (κ3) is 8.18. The maximum Gasteiger partial charge on any atom is 0.288 e. The lowest BCUT2D eigenvalue weighted by Crippen LogP contribution is -2.31. The highest BCUT2D eigenvalue weighted by Gasteiger charge is 2.17. The van der Waals surface area contributed by atoms with Gasteiger partial charge in [0.05, 0.1) is 16.2 Å². The maximum absolute atomic E-state index is 12.1. The minimum Gasteiger partial charge on any atom is -0.292 e. The number of aryl methyl sites for hydroxylation is 1. The van der Waals surface area contributed by atoms with E-state index >= 15 is 0 Å². The van der Waals surface area contributed by atoms with E-state index in [1.807, 2.05) is 0 Å². The predicted molar refractivity (Wildman–Crippen MR) is 99.9 cm³/mol. The molecule has 0 fully saturated rings. The second-order valence-electron chi connectivity index (χ2n) is 6.54. The van der Waals surface area contributed by atoms with E-state index in [4.69, 9.17) is 0 Å². The summed E-state index contributed by atoms with van der Waals surface area (Å²) in [5.41, 5.74) is 0.135. The molecule has 0 saturated heterocycles. The summed E-state index contributed by atoms with van der Waals surface area (Å²) in [5.74, 6) is -0.997. The molecule has 1 aromatic heterocycles. The number of hydrogen-bond donors (Lipinski definition) is 1. The van der Waals surface area contributed by atoms with Crippen LogP contribution in [0.2, 0.25) is 0 Å². The fourth-order valence-corrected chi connectivity index (χ4v) is 2.70. The van der Waals surface area contributed by atoms with E-state index in [1.165, 1.54) is 38.5 Å². The van der Waals surface area contributed by atoms with Crippen LogP contribution in [0.5, 0.6) is 0 Å². The Morgan fingerprint density at radius 3 is 2.23 bits per heavy atom. The van der Waals surface area contributed by atoms with Crippen LogP contribution in [0, 0.1) is 17.0 Å². The Bertz CT molecular complexity index is 617. The zero-order valence-corrected chi connectivity index (χ0v) is 15.8. The van der Waals surface area contributed by atoms with Crippen LogP contribution in [-0.2, 0) is 4.79 Å². The second-order valence-corrected chi connectivity index (χ2v) is 6.54. The fourth-order valence-electron chi connectivity index (χ4n) is 2.70. The number of aromatic nitrogens is 1. The quantitative estimate of drug-likeness (QED) is 0.335. The molecule has 0 radical (unpaired) electrons. The summed E-state index contributed by atoms with van der Waals surface area (Å²) >= 11 is 0. The number of imide groups is 1. The van der Waals surface area contributed by atoms with Crippen LogP contribution < -0.4 is 5.32 Å². The minimum absolute atomic E-state index is 0.0552. The fraction of sp³-hybridized carbons (Fsp3) is 0.632. The molecule has 0 aliphatic carbocycles. The lowest BCUT2D eigenvalue weighted by Gasteiger charge is -2.06. The topological polar surface area (TPSA) is 102 Å². The van der Waals surface area contributed by atoms with E-state index in [9.17, 15) is 19.7 Å². The van der Waals surface area contributed by atoms with E-state index < -0.39 is 10.8 Å². The van der Waals surface area contributed by atoms with Crippen LogP contribution in [0.25, 0.3) is 0 Å². The molecule has 0 aromatic carbocycles. The van der Waals surface area contributed by atoms with Crippen LogP contribution in [0.3, 0.4) is 0 Å². The molecule has 144 valence electrons. The van der Waals surface area contributed by atoms with Crippen LogP contribution in [0.4, 0.5) is 5.69 Å². The molecule has 0 bridgehead atoms. The summed E-state index contributed by atoms with van der Waals surface area (Å²) in [7, 11) is 0. The average molecular weight is 363 g/mol. The Labute approximate surface area is 154 Å². The van der Waals surface area contributed by atoms with E-state index in [0.29, 0.717) is 5.69 Å². The highest BCUT2D eigenvalue weighted by molar-refractivity contribution is 6.05. The molecule has 0 aliphatic rings. The van der Waals surface area contributed by atoms with Crippen LogP contribution in [0.1, 0.15) is 87.2 Å². The Balaban J connectivity index is 2.28. The number of carbonyl (C=O) groups excluding carboxylic acids is 2. The molecule has 1 N–H and O–H groups in total. The predicted octanol–water partition coefficient (Wildman–Crippen LogP) is 4.48. The maximum atomic E-state index is 12.1. The van der Waals surface area contributed by atoms with E-state index in [-0.39, 0.29) is 23.6 Å². The second kappa shape index (κ2) is 12.1. The summed E-state index contributed by atoms with van der Waals surface area (Å²) in [5, 5.41) is 13.1. The first kappa shape index (κ1) is 21.7. The third-order valence-electron chi connectivity index (χ3n) is 4.29. The summed E-state index contributed by atoms with van der Waals surface area (Å²) in [6.07, 6.45) is 11.7. The molecule has 0 saturated carbocycles. The highest BCUT2D eigenvalue weighted by Crippen LogP contribution is 2.15. The summed E-state index contributed by atoms with van der Waals surface area (Å²) in [6, 6.07) is 1.14. The van der Waals surface area contributed by atoms with E-state index in [2.05, 4.69) is 17.2 Å². The SMILES string of the molecule is CCCCCCCCCCCC(=O)NC(=O)c1cc([N+](=O)[O-])cnc1C. The minimum atomic E-state index is -0.639. The normalized spacial score (nSPS) is 10.5. The molecule has 1 rings (SSSR count). The lowest BCUT2D eigenvalue weighted by molar-refractivity contribution is -0.385. The average Bonchev–Trinajstić information content (AvgIpc) is 2.60. The third-order valence-corrected chi connectivity index (χ3v) is 4.29. The van der Waals surface area contributed by atoms with Crippen LogP contribution in [-0.4, -0.2) is 21.7 Å². The molecule has 2 amide bonds. The van der Waals surface area contributed by atoms with Gasteiger partial charge in [0.15, 0.2) is 0 Å². The summed E-state index contributed by atoms with van der Waals surface area (Å²) in [6.45, 7) is 3.77. The van der Waals surface area contributed by atoms with Gasteiger partial charge < -0.3 is 0 Å². The Morgan fingerprint density at radius 2 is 1.65 bits per heavy atom. The first-order valence-electron chi connectivity index (χ1n) is 9.41. The molecule has 1 heterocycles. The molecule has 7 nitrogen and oxygen atoms in total. The number of hydrogen-bond acceptors (Lipinski definition) is 5. The van der Waals surface area contributed by atoms with Crippen molar-refractivity contribution in [1.82, 2.24) is 10.3 Å². The zero-order chi connectivity index (χ0) is 19.4. The van der Waals surface area contributed by atoms with E-state index in [1.54, 1.807) is 6.92 Å². The number of carbonyl (C=O) groups is 2. The van der Waals surface area contributed by atoms with Crippen molar-refractivity contribution in [2.45, 2.75) is 78.1 Å². The summed E-state index contributed by atoms with van der Waals surface area (Å²) < 4.78 is 0. The lowest BCUT2D eigenvalue weighted by atomic mass is 10.1. The standard InChI is InChI=1S/C19H29N3O4/c1-3-4-5-6-7-8-9-10-11-12-18(23)21-19(24)17-13-16(22(25)26)14-20-15(17)2/h13-14H,3-12H2,1-2H3,(H,21,23,24). The molecule has 0 unspecified atom stereocenters. The van der Waals surface area contributed by atoms with Gasteiger partial charge >= 0.3 is 0 Å². The van der Waals surface area contributed by atoms with E-state index in [0.717, 1.165) is 31.5 Å². The molecule has 0 atom stereocenters. The van der Waals surface area contributed by atoms with Gasteiger partial charge in [0.2, 0.25) is 5.91 Å². The molecule has 0 aliphatic heterocycles. The van der Waals surface area contributed by atoms with Gasteiger partial charge in [-0.1, -0.05) is 58.3 Å². The van der Waals surface area contributed by atoms with Crippen molar-refractivity contribution in [3.05, 3.63) is 33.6 Å².